The molecule has 0 radical (unpaired) electrons. The molecule has 178 valence electrons. The van der Waals surface area contributed by atoms with Crippen LogP contribution in [-0.2, 0) is 21.4 Å². The van der Waals surface area contributed by atoms with Crippen LogP contribution in [-0.4, -0.2) is 33.4 Å². The third kappa shape index (κ3) is 7.32. The molecule has 0 saturated carbocycles. The van der Waals surface area contributed by atoms with E-state index in [9.17, 15) is 18.0 Å². The lowest BCUT2D eigenvalue weighted by atomic mass is 10.2. The molecule has 3 aromatic carbocycles. The number of benzene rings is 3. The quantitative estimate of drug-likeness (QED) is 0.381. The molecular weight excluding hydrogens is 458 g/mol. The lowest BCUT2D eigenvalue weighted by Gasteiger charge is -2.11. The van der Waals surface area contributed by atoms with Crippen LogP contribution in [0, 0.1) is 0 Å². The Morgan fingerprint density at radius 2 is 1.50 bits per heavy atom. The van der Waals surface area contributed by atoms with E-state index < -0.39 is 21.8 Å². The number of nitrogens with one attached hydrogen (secondary N) is 3. The third-order valence-electron chi connectivity index (χ3n) is 4.54. The van der Waals surface area contributed by atoms with E-state index in [1.807, 2.05) is 25.1 Å². The van der Waals surface area contributed by atoms with E-state index in [0.717, 1.165) is 5.56 Å². The monoisotopic (exact) mass is 483 g/mol. The van der Waals surface area contributed by atoms with E-state index in [4.69, 9.17) is 9.47 Å². The van der Waals surface area contributed by atoms with E-state index in [0.29, 0.717) is 18.1 Å². The summed E-state index contributed by atoms with van der Waals surface area (Å²) in [5.74, 6) is -0.109. The zero-order chi connectivity index (χ0) is 24.4. The van der Waals surface area contributed by atoms with Crippen LogP contribution in [0.3, 0.4) is 0 Å². The Morgan fingerprint density at radius 3 is 2.18 bits per heavy atom. The fourth-order valence-electron chi connectivity index (χ4n) is 2.84. The molecule has 3 aromatic rings. The van der Waals surface area contributed by atoms with E-state index >= 15 is 0 Å². The van der Waals surface area contributed by atoms with E-state index in [2.05, 4.69) is 15.6 Å². The molecule has 0 aliphatic rings. The number of hydrogen-bond donors (Lipinski definition) is 3. The summed E-state index contributed by atoms with van der Waals surface area (Å²) >= 11 is 0. The fraction of sp³-hybridized carbons (Fsp3) is 0.167. The molecule has 0 spiro atoms. The average molecular weight is 484 g/mol. The first-order valence-corrected chi connectivity index (χ1v) is 11.9. The van der Waals surface area contributed by atoms with Crippen LogP contribution >= 0.6 is 0 Å². The lowest BCUT2D eigenvalue weighted by Crippen LogP contribution is -2.43. The van der Waals surface area contributed by atoms with Crippen molar-refractivity contribution in [3.05, 3.63) is 90.0 Å². The molecule has 0 bridgehead atoms. The van der Waals surface area contributed by atoms with Gasteiger partial charge in [0.15, 0.2) is 6.61 Å². The van der Waals surface area contributed by atoms with Crippen molar-refractivity contribution in [2.75, 3.05) is 13.2 Å². The standard InChI is InChI=1S/C24H25N3O6S/c1-2-32-20-11-13-21(14-12-20)33-17-23(28)26-27-24(29)19-9-6-10-22(15-19)34(30,31)25-16-18-7-4-3-5-8-18/h3-15,25H,2,16-17H2,1H3,(H,26,28)(H,27,29). The largest absolute Gasteiger partial charge is 0.494 e. The Morgan fingerprint density at radius 1 is 0.824 bits per heavy atom. The first-order chi connectivity index (χ1) is 16.4. The molecule has 0 heterocycles. The highest BCUT2D eigenvalue weighted by Gasteiger charge is 2.16. The highest BCUT2D eigenvalue weighted by Crippen LogP contribution is 2.17. The van der Waals surface area contributed by atoms with Crippen LogP contribution in [0.5, 0.6) is 11.5 Å². The second-order valence-electron chi connectivity index (χ2n) is 7.03. The van der Waals surface area contributed by atoms with Gasteiger partial charge in [0.1, 0.15) is 11.5 Å². The van der Waals surface area contributed by atoms with Crippen molar-refractivity contribution < 1.29 is 27.5 Å². The van der Waals surface area contributed by atoms with Gasteiger partial charge in [-0.1, -0.05) is 36.4 Å². The smallest absolute Gasteiger partial charge is 0.276 e. The van der Waals surface area contributed by atoms with Crippen molar-refractivity contribution in [2.24, 2.45) is 0 Å². The molecule has 0 aliphatic heterocycles. The number of ether oxygens (including phenoxy) is 2. The Hall–Kier alpha value is -3.89. The summed E-state index contributed by atoms with van der Waals surface area (Å²) in [6, 6.07) is 21.3. The van der Waals surface area contributed by atoms with Gasteiger partial charge < -0.3 is 9.47 Å². The number of sulfonamides is 1. The summed E-state index contributed by atoms with van der Waals surface area (Å²) in [7, 11) is -3.84. The van der Waals surface area contributed by atoms with Crippen molar-refractivity contribution in [3.8, 4) is 11.5 Å². The van der Waals surface area contributed by atoms with Crippen LogP contribution in [0.1, 0.15) is 22.8 Å². The van der Waals surface area contributed by atoms with Gasteiger partial charge in [0.2, 0.25) is 10.0 Å². The van der Waals surface area contributed by atoms with Crippen molar-refractivity contribution in [1.82, 2.24) is 15.6 Å². The van der Waals surface area contributed by atoms with Crippen LogP contribution < -0.4 is 25.0 Å². The fourth-order valence-corrected chi connectivity index (χ4v) is 3.91. The van der Waals surface area contributed by atoms with Crippen LogP contribution in [0.25, 0.3) is 0 Å². The van der Waals surface area contributed by atoms with Gasteiger partial charge in [-0.05, 0) is 55.0 Å². The summed E-state index contributed by atoms with van der Waals surface area (Å²) in [5, 5.41) is 0. The second-order valence-corrected chi connectivity index (χ2v) is 8.80. The van der Waals surface area contributed by atoms with Gasteiger partial charge in [-0.3, -0.25) is 20.4 Å². The van der Waals surface area contributed by atoms with E-state index in [-0.39, 0.29) is 23.6 Å². The Balaban J connectivity index is 1.50. The van der Waals surface area contributed by atoms with Gasteiger partial charge in [0, 0.05) is 12.1 Å². The molecule has 3 N–H and O–H groups in total. The molecule has 34 heavy (non-hydrogen) atoms. The first kappa shape index (κ1) is 24.7. The van der Waals surface area contributed by atoms with Crippen LogP contribution in [0.15, 0.2) is 83.8 Å². The summed E-state index contributed by atoms with van der Waals surface area (Å²) in [5.41, 5.74) is 5.34. The maximum absolute atomic E-state index is 12.6. The van der Waals surface area contributed by atoms with Gasteiger partial charge in [0.25, 0.3) is 11.8 Å². The molecule has 0 unspecified atom stereocenters. The van der Waals surface area contributed by atoms with Gasteiger partial charge in [-0.15, -0.1) is 0 Å². The predicted octanol–water partition coefficient (Wildman–Crippen LogP) is 2.40. The predicted molar refractivity (Wildman–Crippen MR) is 126 cm³/mol. The van der Waals surface area contributed by atoms with Crippen molar-refractivity contribution in [2.45, 2.75) is 18.4 Å². The molecule has 0 atom stereocenters. The third-order valence-corrected chi connectivity index (χ3v) is 5.93. The Labute approximate surface area is 198 Å². The number of hydrazine groups is 1. The van der Waals surface area contributed by atoms with Crippen LogP contribution in [0.2, 0.25) is 0 Å². The summed E-state index contributed by atoms with van der Waals surface area (Å²) < 4.78 is 38.4. The minimum absolute atomic E-state index is 0.0651. The average Bonchev–Trinajstić information content (AvgIpc) is 2.86. The maximum atomic E-state index is 12.6. The Bertz CT molecular complexity index is 1210. The van der Waals surface area contributed by atoms with Crippen molar-refractivity contribution in [1.29, 1.82) is 0 Å². The molecule has 0 saturated heterocycles. The summed E-state index contributed by atoms with van der Waals surface area (Å²) in [4.78, 5) is 24.3. The molecular formula is C24H25N3O6S. The van der Waals surface area contributed by atoms with Crippen LogP contribution in [0.4, 0.5) is 0 Å². The SMILES string of the molecule is CCOc1ccc(OCC(=O)NNC(=O)c2cccc(S(=O)(=O)NCc3ccccc3)c2)cc1. The van der Waals surface area contributed by atoms with Gasteiger partial charge in [0.05, 0.1) is 11.5 Å². The number of carbonyl (C=O) groups excluding carboxylic acids is 2. The number of rotatable bonds is 10. The highest BCUT2D eigenvalue weighted by atomic mass is 32.2. The minimum Gasteiger partial charge on any atom is -0.494 e. The first-order valence-electron chi connectivity index (χ1n) is 10.5. The minimum atomic E-state index is -3.84. The van der Waals surface area contributed by atoms with Crippen molar-refractivity contribution >= 4 is 21.8 Å². The normalized spacial score (nSPS) is 10.9. The second kappa shape index (κ2) is 11.8. The number of hydrogen-bond acceptors (Lipinski definition) is 6. The van der Waals surface area contributed by atoms with E-state index in [1.54, 1.807) is 36.4 Å². The molecule has 10 heteroatoms. The maximum Gasteiger partial charge on any atom is 0.276 e. The van der Waals surface area contributed by atoms with Gasteiger partial charge in [-0.2, -0.15) is 0 Å². The molecule has 3 rings (SSSR count). The topological polar surface area (TPSA) is 123 Å². The zero-order valence-electron chi connectivity index (χ0n) is 18.5. The number of carbonyl (C=O) groups is 2. The molecule has 9 nitrogen and oxygen atoms in total. The molecule has 0 aliphatic carbocycles. The Kier molecular flexibility index (Phi) is 8.60. The van der Waals surface area contributed by atoms with Gasteiger partial charge >= 0.3 is 0 Å². The highest BCUT2D eigenvalue weighted by molar-refractivity contribution is 7.89. The van der Waals surface area contributed by atoms with Crippen molar-refractivity contribution in [3.63, 3.8) is 0 Å². The zero-order valence-corrected chi connectivity index (χ0v) is 19.3. The summed E-state index contributed by atoms with van der Waals surface area (Å²) in [6.45, 7) is 2.21. The molecule has 0 fully saturated rings. The number of amides is 2. The summed E-state index contributed by atoms with van der Waals surface area (Å²) in [6.07, 6.45) is 0. The molecule has 0 aromatic heterocycles. The van der Waals surface area contributed by atoms with Gasteiger partial charge in [-0.25, -0.2) is 13.1 Å². The van der Waals surface area contributed by atoms with E-state index in [1.165, 1.54) is 24.3 Å². The lowest BCUT2D eigenvalue weighted by molar-refractivity contribution is -0.123. The molecule has 2 amide bonds.